The Hall–Kier alpha value is -1.94. The van der Waals surface area contributed by atoms with E-state index < -0.39 is 0 Å². The Morgan fingerprint density at radius 1 is 1.20 bits per heavy atom. The molecule has 0 aliphatic heterocycles. The van der Waals surface area contributed by atoms with E-state index in [1.54, 1.807) is 11.3 Å². The second-order valence-electron chi connectivity index (χ2n) is 5.13. The molecular weight excluding hydrogens is 266 g/mol. The highest BCUT2D eigenvalue weighted by Gasteiger charge is 2.12. The van der Waals surface area contributed by atoms with E-state index in [2.05, 4.69) is 27.1 Å². The van der Waals surface area contributed by atoms with Gasteiger partial charge in [0, 0.05) is 34.9 Å². The molecule has 0 amide bonds. The summed E-state index contributed by atoms with van der Waals surface area (Å²) in [6.07, 6.45) is 13.2. The lowest BCUT2D eigenvalue weighted by atomic mass is 9.94. The van der Waals surface area contributed by atoms with Crippen LogP contribution in [-0.4, -0.2) is 15.0 Å². The molecule has 3 aromatic rings. The average Bonchev–Trinajstić information content (AvgIpc) is 3.16. The van der Waals surface area contributed by atoms with E-state index >= 15 is 0 Å². The van der Waals surface area contributed by atoms with Crippen LogP contribution in [0.5, 0.6) is 0 Å². The van der Waals surface area contributed by atoms with E-state index in [-0.39, 0.29) is 0 Å². The number of nitrogens with zero attached hydrogens (tertiary/aromatic N) is 2. The Morgan fingerprint density at radius 3 is 3.00 bits per heavy atom. The van der Waals surface area contributed by atoms with E-state index in [9.17, 15) is 0 Å². The molecule has 0 atom stereocenters. The molecule has 0 saturated carbocycles. The quantitative estimate of drug-likeness (QED) is 0.743. The van der Waals surface area contributed by atoms with Gasteiger partial charge >= 0.3 is 0 Å². The maximum atomic E-state index is 4.57. The molecule has 4 heteroatoms. The summed E-state index contributed by atoms with van der Waals surface area (Å²) in [4.78, 5) is 12.2. The first kappa shape index (κ1) is 11.9. The van der Waals surface area contributed by atoms with Gasteiger partial charge in [-0.1, -0.05) is 6.08 Å². The summed E-state index contributed by atoms with van der Waals surface area (Å²) in [6.45, 7) is 0. The van der Waals surface area contributed by atoms with E-state index in [0.717, 1.165) is 16.2 Å². The third kappa shape index (κ3) is 1.96. The zero-order valence-electron chi connectivity index (χ0n) is 11.1. The lowest BCUT2D eigenvalue weighted by molar-refractivity contribution is 0.742. The molecule has 1 N–H and O–H groups in total. The van der Waals surface area contributed by atoms with Crippen LogP contribution < -0.4 is 0 Å². The minimum atomic E-state index is 0.940. The number of hydrogen-bond donors (Lipinski definition) is 1. The van der Waals surface area contributed by atoms with Crippen molar-refractivity contribution in [2.45, 2.75) is 25.7 Å². The van der Waals surface area contributed by atoms with Crippen LogP contribution in [0.25, 0.3) is 27.2 Å². The fourth-order valence-corrected chi connectivity index (χ4v) is 3.48. The summed E-state index contributed by atoms with van der Waals surface area (Å²) in [7, 11) is 0. The normalized spacial score (nSPS) is 15.5. The van der Waals surface area contributed by atoms with Gasteiger partial charge in [-0.15, -0.1) is 11.3 Å². The smallest absolute Gasteiger partial charge is 0.137 e. The molecule has 0 aromatic carbocycles. The van der Waals surface area contributed by atoms with E-state index in [4.69, 9.17) is 0 Å². The van der Waals surface area contributed by atoms with Gasteiger partial charge in [-0.2, -0.15) is 0 Å². The standard InChI is InChI=1S/C16H15N3S/c1-2-4-11(5-3-1)12-8-13-14(16-17-6-7-20-16)10-19-15(13)18-9-12/h4,6-10H,1-3,5H2,(H,18,19). The number of allylic oxidation sites excluding steroid dienone is 2. The minimum absolute atomic E-state index is 0.940. The summed E-state index contributed by atoms with van der Waals surface area (Å²) in [5.74, 6) is 0. The zero-order chi connectivity index (χ0) is 13.4. The third-order valence-corrected chi connectivity index (χ3v) is 4.66. The monoisotopic (exact) mass is 281 g/mol. The highest BCUT2D eigenvalue weighted by Crippen LogP contribution is 2.33. The van der Waals surface area contributed by atoms with Crippen LogP contribution in [0.2, 0.25) is 0 Å². The largest absolute Gasteiger partial charge is 0.345 e. The number of pyridine rings is 1. The highest BCUT2D eigenvalue weighted by molar-refractivity contribution is 7.13. The molecule has 1 aliphatic carbocycles. The zero-order valence-corrected chi connectivity index (χ0v) is 11.9. The van der Waals surface area contributed by atoms with Gasteiger partial charge in [-0.25, -0.2) is 9.97 Å². The van der Waals surface area contributed by atoms with Crippen molar-refractivity contribution in [2.75, 3.05) is 0 Å². The minimum Gasteiger partial charge on any atom is -0.345 e. The van der Waals surface area contributed by atoms with Crippen LogP contribution >= 0.6 is 11.3 Å². The fourth-order valence-electron chi connectivity index (χ4n) is 2.81. The van der Waals surface area contributed by atoms with Gasteiger partial charge < -0.3 is 4.98 Å². The van der Waals surface area contributed by atoms with Crippen molar-refractivity contribution in [2.24, 2.45) is 0 Å². The van der Waals surface area contributed by atoms with Gasteiger partial charge in [0.2, 0.25) is 0 Å². The number of fused-ring (bicyclic) bond motifs is 1. The summed E-state index contributed by atoms with van der Waals surface area (Å²) < 4.78 is 0. The van der Waals surface area contributed by atoms with Crippen LogP contribution in [0.4, 0.5) is 0 Å². The molecule has 0 bridgehead atoms. The van der Waals surface area contributed by atoms with E-state index in [1.807, 2.05) is 24.0 Å². The molecule has 0 unspecified atom stereocenters. The van der Waals surface area contributed by atoms with Crippen LogP contribution in [0.3, 0.4) is 0 Å². The van der Waals surface area contributed by atoms with Gasteiger partial charge in [-0.05, 0) is 42.9 Å². The van der Waals surface area contributed by atoms with Gasteiger partial charge in [0.1, 0.15) is 10.7 Å². The van der Waals surface area contributed by atoms with E-state index in [1.165, 1.54) is 42.2 Å². The second-order valence-corrected chi connectivity index (χ2v) is 6.03. The Bertz CT molecular complexity index is 768. The second kappa shape index (κ2) is 4.87. The van der Waals surface area contributed by atoms with Gasteiger partial charge in [0.05, 0.1) is 0 Å². The van der Waals surface area contributed by atoms with Gasteiger partial charge in [0.15, 0.2) is 0 Å². The number of nitrogens with one attached hydrogen (secondary N) is 1. The maximum absolute atomic E-state index is 4.57. The molecule has 0 saturated heterocycles. The number of aromatic amines is 1. The predicted octanol–water partition coefficient (Wildman–Crippen LogP) is 4.64. The molecule has 3 aromatic heterocycles. The lowest BCUT2D eigenvalue weighted by Gasteiger charge is -2.12. The number of rotatable bonds is 2. The van der Waals surface area contributed by atoms with Crippen LogP contribution in [-0.2, 0) is 0 Å². The Labute approximate surface area is 121 Å². The first-order chi connectivity index (χ1) is 9.92. The molecule has 20 heavy (non-hydrogen) atoms. The van der Waals surface area contributed by atoms with Crippen molar-refractivity contribution in [1.29, 1.82) is 0 Å². The molecule has 0 radical (unpaired) electrons. The van der Waals surface area contributed by atoms with Crippen molar-refractivity contribution in [1.82, 2.24) is 15.0 Å². The SMILES string of the molecule is C1=C(c2cnc3[nH]cc(-c4nccs4)c3c2)CCCC1. The summed E-state index contributed by atoms with van der Waals surface area (Å²) in [5, 5.41) is 4.23. The third-order valence-electron chi connectivity index (χ3n) is 3.86. The fraction of sp³-hybridized carbons (Fsp3) is 0.250. The van der Waals surface area contributed by atoms with Crippen LogP contribution in [0.1, 0.15) is 31.2 Å². The molecule has 3 heterocycles. The number of thiazole rings is 1. The number of aromatic nitrogens is 3. The average molecular weight is 281 g/mol. The molecule has 1 aliphatic rings. The molecule has 100 valence electrons. The molecule has 4 rings (SSSR count). The topological polar surface area (TPSA) is 41.6 Å². The molecule has 0 spiro atoms. The number of hydrogen-bond acceptors (Lipinski definition) is 3. The first-order valence-corrected chi connectivity index (χ1v) is 7.86. The number of H-pyrrole nitrogens is 1. The lowest BCUT2D eigenvalue weighted by Crippen LogP contribution is -1.92. The van der Waals surface area contributed by atoms with Crippen LogP contribution in [0, 0.1) is 0 Å². The van der Waals surface area contributed by atoms with E-state index in [0.29, 0.717) is 0 Å². The summed E-state index contributed by atoms with van der Waals surface area (Å²) in [5.41, 5.74) is 4.79. The highest BCUT2D eigenvalue weighted by atomic mass is 32.1. The summed E-state index contributed by atoms with van der Waals surface area (Å²) in [6, 6.07) is 2.26. The summed E-state index contributed by atoms with van der Waals surface area (Å²) >= 11 is 1.66. The van der Waals surface area contributed by atoms with Crippen molar-refractivity contribution >= 4 is 27.9 Å². The van der Waals surface area contributed by atoms with Gasteiger partial charge in [-0.3, -0.25) is 0 Å². The molecule has 0 fully saturated rings. The van der Waals surface area contributed by atoms with Crippen molar-refractivity contribution in [3.63, 3.8) is 0 Å². The van der Waals surface area contributed by atoms with Crippen LogP contribution in [0.15, 0.2) is 36.1 Å². The van der Waals surface area contributed by atoms with Crippen molar-refractivity contribution in [3.05, 3.63) is 41.7 Å². The predicted molar refractivity (Wildman–Crippen MR) is 83.6 cm³/mol. The first-order valence-electron chi connectivity index (χ1n) is 6.98. The van der Waals surface area contributed by atoms with Crippen molar-refractivity contribution < 1.29 is 0 Å². The molecular formula is C16H15N3S. The van der Waals surface area contributed by atoms with Crippen molar-refractivity contribution in [3.8, 4) is 10.6 Å². The maximum Gasteiger partial charge on any atom is 0.137 e. The molecule has 3 nitrogen and oxygen atoms in total. The Kier molecular flexibility index (Phi) is 2.89. The Balaban J connectivity index is 1.85. The Morgan fingerprint density at radius 2 is 2.20 bits per heavy atom. The van der Waals surface area contributed by atoms with Gasteiger partial charge in [0.25, 0.3) is 0 Å².